The predicted octanol–water partition coefficient (Wildman–Crippen LogP) is 1.19. The third kappa shape index (κ3) is 1.53. The fraction of sp³-hybridized carbons (Fsp3) is 0.333. The van der Waals surface area contributed by atoms with Crippen molar-refractivity contribution in [3.63, 3.8) is 0 Å². The summed E-state index contributed by atoms with van der Waals surface area (Å²) < 4.78 is 0. The topological polar surface area (TPSA) is 94.2 Å². The predicted molar refractivity (Wildman–Crippen MR) is 61.2 cm³/mol. The highest BCUT2D eigenvalue weighted by molar-refractivity contribution is 7.98. The van der Waals surface area contributed by atoms with Crippen LogP contribution >= 0.6 is 11.8 Å². The molecule has 0 saturated carbocycles. The van der Waals surface area contributed by atoms with Crippen molar-refractivity contribution >= 4 is 35.0 Å². The number of amides is 1. The number of carbonyl (C=O) groups excluding carboxylic acids is 1. The molecule has 0 aromatic carbocycles. The van der Waals surface area contributed by atoms with E-state index in [0.717, 1.165) is 0 Å². The molecule has 0 aliphatic carbocycles. The SMILES string of the molecule is CSc1[nH]c(C(=O)O)c2c1N[C@@H](C)C(=O)N2. The van der Waals surface area contributed by atoms with Gasteiger partial charge in [-0.2, -0.15) is 0 Å². The van der Waals surface area contributed by atoms with Crippen LogP contribution in [0, 0.1) is 0 Å². The van der Waals surface area contributed by atoms with Gasteiger partial charge in [0.1, 0.15) is 6.04 Å². The Labute approximate surface area is 95.8 Å². The summed E-state index contributed by atoms with van der Waals surface area (Å²) in [6.45, 7) is 1.72. The van der Waals surface area contributed by atoms with Crippen LogP contribution in [0.4, 0.5) is 11.4 Å². The van der Waals surface area contributed by atoms with E-state index >= 15 is 0 Å². The molecule has 4 N–H and O–H groups in total. The number of H-pyrrole nitrogens is 1. The molecule has 86 valence electrons. The summed E-state index contributed by atoms with van der Waals surface area (Å²) in [4.78, 5) is 25.2. The number of fused-ring (bicyclic) bond motifs is 1. The summed E-state index contributed by atoms with van der Waals surface area (Å²) in [6.07, 6.45) is 1.83. The van der Waals surface area contributed by atoms with Gasteiger partial charge >= 0.3 is 5.97 Å². The summed E-state index contributed by atoms with van der Waals surface area (Å²) in [5, 5.41) is 15.3. The number of nitrogens with one attached hydrogen (secondary N) is 3. The number of carboxylic acid groups (broad SMARTS) is 1. The van der Waals surface area contributed by atoms with Crippen LogP contribution in [0.5, 0.6) is 0 Å². The number of anilines is 2. The Morgan fingerprint density at radius 1 is 1.44 bits per heavy atom. The third-order valence-corrected chi connectivity index (χ3v) is 3.10. The van der Waals surface area contributed by atoms with Gasteiger partial charge in [-0.1, -0.05) is 0 Å². The second kappa shape index (κ2) is 3.75. The van der Waals surface area contributed by atoms with E-state index in [1.165, 1.54) is 11.8 Å². The third-order valence-electron chi connectivity index (χ3n) is 2.39. The fourth-order valence-electron chi connectivity index (χ4n) is 1.57. The lowest BCUT2D eigenvalue weighted by atomic mass is 10.2. The van der Waals surface area contributed by atoms with Crippen LogP contribution < -0.4 is 10.6 Å². The van der Waals surface area contributed by atoms with Crippen molar-refractivity contribution in [2.45, 2.75) is 18.0 Å². The standard InChI is InChI=1S/C9H11N3O3S/c1-3-7(13)11-4-5(10-3)8(16-2)12-6(4)9(14)15/h3,10,12H,1-2H3,(H,11,13)(H,14,15)/t3-/m0/s1. The first-order valence-electron chi connectivity index (χ1n) is 4.65. The zero-order chi connectivity index (χ0) is 11.9. The molecule has 1 aromatic rings. The number of aromatic amines is 1. The van der Waals surface area contributed by atoms with Gasteiger partial charge in [0.25, 0.3) is 0 Å². The number of rotatable bonds is 2. The second-order valence-corrected chi connectivity index (χ2v) is 4.26. The number of carboxylic acids is 1. The number of hydrogen-bond donors (Lipinski definition) is 4. The number of thioether (sulfide) groups is 1. The first-order chi connectivity index (χ1) is 7.54. The Bertz CT molecular complexity index is 469. The minimum Gasteiger partial charge on any atom is -0.477 e. The minimum absolute atomic E-state index is 0.00657. The molecule has 1 aromatic heterocycles. The van der Waals surface area contributed by atoms with E-state index in [1.54, 1.807) is 6.92 Å². The van der Waals surface area contributed by atoms with E-state index in [1.807, 2.05) is 6.26 Å². The normalized spacial score (nSPS) is 18.6. The van der Waals surface area contributed by atoms with Gasteiger partial charge in [-0.05, 0) is 13.2 Å². The van der Waals surface area contributed by atoms with Crippen molar-refractivity contribution in [3.05, 3.63) is 5.69 Å². The summed E-state index contributed by atoms with van der Waals surface area (Å²) in [6, 6.07) is -0.365. The lowest BCUT2D eigenvalue weighted by Crippen LogP contribution is -2.36. The van der Waals surface area contributed by atoms with Gasteiger partial charge in [-0.15, -0.1) is 11.8 Å². The molecule has 1 atom stereocenters. The molecular weight excluding hydrogens is 230 g/mol. The second-order valence-electron chi connectivity index (χ2n) is 3.44. The monoisotopic (exact) mass is 241 g/mol. The molecule has 0 fully saturated rings. The van der Waals surface area contributed by atoms with Crippen molar-refractivity contribution in [3.8, 4) is 0 Å². The Balaban J connectivity index is 2.55. The summed E-state index contributed by atoms with van der Waals surface area (Å²) in [5.41, 5.74) is 0.976. The average Bonchev–Trinajstić information content (AvgIpc) is 2.57. The molecular formula is C9H11N3O3S. The van der Waals surface area contributed by atoms with Gasteiger partial charge in [-0.25, -0.2) is 4.79 Å². The van der Waals surface area contributed by atoms with Gasteiger partial charge in [0.2, 0.25) is 5.91 Å². The molecule has 0 saturated heterocycles. The van der Waals surface area contributed by atoms with Crippen molar-refractivity contribution in [2.24, 2.45) is 0 Å². The molecule has 6 nitrogen and oxygen atoms in total. The average molecular weight is 241 g/mol. The number of aromatic nitrogens is 1. The zero-order valence-corrected chi connectivity index (χ0v) is 9.57. The molecule has 1 amide bonds. The fourth-order valence-corrected chi connectivity index (χ4v) is 2.14. The molecule has 0 unspecified atom stereocenters. The maximum Gasteiger partial charge on any atom is 0.354 e. The Hall–Kier alpha value is -1.63. The van der Waals surface area contributed by atoms with E-state index in [4.69, 9.17) is 5.11 Å². The van der Waals surface area contributed by atoms with Crippen molar-refractivity contribution in [1.29, 1.82) is 0 Å². The van der Waals surface area contributed by atoms with Crippen LogP contribution in [0.25, 0.3) is 0 Å². The molecule has 0 spiro atoms. The quantitative estimate of drug-likeness (QED) is 0.583. The van der Waals surface area contributed by atoms with Gasteiger partial charge in [0, 0.05) is 0 Å². The van der Waals surface area contributed by atoms with E-state index in [9.17, 15) is 9.59 Å². The van der Waals surface area contributed by atoms with Crippen LogP contribution in [0.1, 0.15) is 17.4 Å². The first-order valence-corrected chi connectivity index (χ1v) is 5.87. The molecule has 2 rings (SSSR count). The van der Waals surface area contributed by atoms with Crippen LogP contribution in [0.2, 0.25) is 0 Å². The highest BCUT2D eigenvalue weighted by Crippen LogP contribution is 2.38. The van der Waals surface area contributed by atoms with Gasteiger partial charge in [0.15, 0.2) is 5.69 Å². The molecule has 16 heavy (non-hydrogen) atoms. The maximum atomic E-state index is 11.4. The Kier molecular flexibility index (Phi) is 2.55. The summed E-state index contributed by atoms with van der Waals surface area (Å²) >= 11 is 1.39. The van der Waals surface area contributed by atoms with E-state index in [-0.39, 0.29) is 17.6 Å². The van der Waals surface area contributed by atoms with Crippen LogP contribution in [0.3, 0.4) is 0 Å². The van der Waals surface area contributed by atoms with Crippen molar-refractivity contribution in [2.75, 3.05) is 16.9 Å². The number of hydrogen-bond acceptors (Lipinski definition) is 4. The highest BCUT2D eigenvalue weighted by atomic mass is 32.2. The van der Waals surface area contributed by atoms with Crippen LogP contribution in [-0.2, 0) is 4.79 Å². The minimum atomic E-state index is -1.09. The molecule has 0 bridgehead atoms. The molecule has 1 aliphatic rings. The van der Waals surface area contributed by atoms with Gasteiger partial charge < -0.3 is 20.7 Å². The molecule has 7 heteroatoms. The first kappa shape index (κ1) is 10.9. The largest absolute Gasteiger partial charge is 0.477 e. The smallest absolute Gasteiger partial charge is 0.354 e. The lowest BCUT2D eigenvalue weighted by Gasteiger charge is -2.22. The van der Waals surface area contributed by atoms with Gasteiger partial charge in [-0.3, -0.25) is 4.79 Å². The number of carbonyl (C=O) groups is 2. The molecule has 1 aliphatic heterocycles. The highest BCUT2D eigenvalue weighted by Gasteiger charge is 2.30. The Morgan fingerprint density at radius 3 is 2.69 bits per heavy atom. The Morgan fingerprint density at radius 2 is 2.12 bits per heavy atom. The van der Waals surface area contributed by atoms with Crippen molar-refractivity contribution < 1.29 is 14.7 Å². The van der Waals surface area contributed by atoms with E-state index in [2.05, 4.69) is 15.6 Å². The van der Waals surface area contributed by atoms with Crippen molar-refractivity contribution in [1.82, 2.24) is 4.98 Å². The summed E-state index contributed by atoms with van der Waals surface area (Å²) in [7, 11) is 0. The molecule has 0 radical (unpaired) electrons. The van der Waals surface area contributed by atoms with E-state index in [0.29, 0.717) is 16.4 Å². The van der Waals surface area contributed by atoms with Crippen LogP contribution in [-0.4, -0.2) is 34.3 Å². The maximum absolute atomic E-state index is 11.4. The van der Waals surface area contributed by atoms with E-state index < -0.39 is 5.97 Å². The van der Waals surface area contributed by atoms with Gasteiger partial charge in [0.05, 0.1) is 16.4 Å². The number of aromatic carboxylic acids is 1. The lowest BCUT2D eigenvalue weighted by molar-refractivity contribution is -0.116. The summed E-state index contributed by atoms with van der Waals surface area (Å²) in [5.74, 6) is -1.32. The zero-order valence-electron chi connectivity index (χ0n) is 8.75. The molecule has 2 heterocycles. The van der Waals surface area contributed by atoms with Crippen LogP contribution in [0.15, 0.2) is 5.03 Å².